The smallest absolute Gasteiger partial charge is 0.309 e. The van der Waals surface area contributed by atoms with Gasteiger partial charge in [-0.3, -0.25) is 4.79 Å². The summed E-state index contributed by atoms with van der Waals surface area (Å²) < 4.78 is 6.00. The Labute approximate surface area is 191 Å². The minimum Gasteiger partial charge on any atom is -0.462 e. The number of ether oxygens (including phenoxy) is 1. The molecule has 0 radical (unpaired) electrons. The molecular formula is C28H47NO2. The normalized spacial score (nSPS) is 36.5. The summed E-state index contributed by atoms with van der Waals surface area (Å²) in [7, 11) is 0. The van der Waals surface area contributed by atoms with Gasteiger partial charge in [-0.15, -0.1) is 0 Å². The molecule has 0 aromatic heterocycles. The van der Waals surface area contributed by atoms with Crippen LogP contribution in [0.3, 0.4) is 0 Å². The van der Waals surface area contributed by atoms with E-state index in [0.717, 1.165) is 69.1 Å². The minimum absolute atomic E-state index is 0.0347. The van der Waals surface area contributed by atoms with E-state index in [1.807, 2.05) is 0 Å². The Balaban J connectivity index is 1.33. The van der Waals surface area contributed by atoms with Gasteiger partial charge in [0, 0.05) is 0 Å². The largest absolute Gasteiger partial charge is 0.462 e. The summed E-state index contributed by atoms with van der Waals surface area (Å²) in [5, 5.41) is 9.66. The number of hydrogen-bond acceptors (Lipinski definition) is 3. The molecule has 0 aliphatic heterocycles. The third-order valence-electron chi connectivity index (χ3n) is 9.02. The molecule has 3 aliphatic rings. The summed E-state index contributed by atoms with van der Waals surface area (Å²) in [6.07, 6.45) is 21.4. The van der Waals surface area contributed by atoms with Crippen LogP contribution in [0, 0.1) is 40.4 Å². The molecule has 3 heteroatoms. The summed E-state index contributed by atoms with van der Waals surface area (Å²) in [5.41, 5.74) is -0.0347. The van der Waals surface area contributed by atoms with Crippen LogP contribution in [0.25, 0.3) is 0 Å². The highest BCUT2D eigenvalue weighted by Crippen LogP contribution is 2.47. The molecule has 0 amide bonds. The van der Waals surface area contributed by atoms with Gasteiger partial charge in [-0.1, -0.05) is 46.0 Å². The van der Waals surface area contributed by atoms with Gasteiger partial charge in [-0.2, -0.15) is 5.26 Å². The molecule has 0 aromatic carbocycles. The maximum Gasteiger partial charge on any atom is 0.309 e. The first-order valence-electron chi connectivity index (χ1n) is 13.7. The summed E-state index contributed by atoms with van der Waals surface area (Å²) >= 11 is 0. The second kappa shape index (κ2) is 12.3. The van der Waals surface area contributed by atoms with Crippen LogP contribution >= 0.6 is 0 Å². The van der Waals surface area contributed by atoms with Crippen LogP contribution in [-0.4, -0.2) is 12.1 Å². The molecule has 3 rings (SSSR count). The molecule has 0 unspecified atom stereocenters. The van der Waals surface area contributed by atoms with Crippen LogP contribution in [0.15, 0.2) is 0 Å². The Morgan fingerprint density at radius 1 is 0.871 bits per heavy atom. The predicted molar refractivity (Wildman–Crippen MR) is 126 cm³/mol. The van der Waals surface area contributed by atoms with E-state index in [2.05, 4.69) is 19.9 Å². The summed E-state index contributed by atoms with van der Waals surface area (Å²) in [5.74, 6) is 2.69. The van der Waals surface area contributed by atoms with Crippen molar-refractivity contribution >= 4 is 5.97 Å². The molecule has 0 spiro atoms. The van der Waals surface area contributed by atoms with E-state index >= 15 is 0 Å². The lowest BCUT2D eigenvalue weighted by Gasteiger charge is -2.40. The molecule has 3 saturated carbocycles. The summed E-state index contributed by atoms with van der Waals surface area (Å²) in [6.45, 7) is 4.47. The summed E-state index contributed by atoms with van der Waals surface area (Å²) in [6, 6.07) is 2.66. The SMILES string of the molecule is CCCCC[C@H]1CC[C@H](C(=O)OC2CCC(C3CCC(C#N)(CCC)CC3)CC2)CC1. The number of esters is 1. The van der Waals surface area contributed by atoms with E-state index in [9.17, 15) is 10.1 Å². The molecule has 0 bridgehead atoms. The highest BCUT2D eigenvalue weighted by atomic mass is 16.5. The van der Waals surface area contributed by atoms with Crippen molar-refractivity contribution in [1.29, 1.82) is 5.26 Å². The van der Waals surface area contributed by atoms with E-state index in [0.29, 0.717) is 0 Å². The maximum atomic E-state index is 12.7. The van der Waals surface area contributed by atoms with Gasteiger partial charge in [-0.25, -0.2) is 0 Å². The minimum atomic E-state index is -0.0347. The summed E-state index contributed by atoms with van der Waals surface area (Å²) in [4.78, 5) is 12.7. The lowest BCUT2D eigenvalue weighted by molar-refractivity contribution is -0.157. The lowest BCUT2D eigenvalue weighted by atomic mass is 9.64. The van der Waals surface area contributed by atoms with Crippen LogP contribution in [0.4, 0.5) is 0 Å². The molecule has 0 atom stereocenters. The van der Waals surface area contributed by atoms with Gasteiger partial charge in [0.05, 0.1) is 17.4 Å². The fraction of sp³-hybridized carbons (Fsp3) is 0.929. The fourth-order valence-electron chi connectivity index (χ4n) is 6.87. The Morgan fingerprint density at radius 3 is 2.10 bits per heavy atom. The van der Waals surface area contributed by atoms with Gasteiger partial charge in [0.2, 0.25) is 0 Å². The molecule has 3 nitrogen and oxygen atoms in total. The third-order valence-corrected chi connectivity index (χ3v) is 9.02. The third kappa shape index (κ3) is 6.97. The van der Waals surface area contributed by atoms with Crippen LogP contribution in [0.5, 0.6) is 0 Å². The first-order valence-corrected chi connectivity index (χ1v) is 13.7. The zero-order valence-electron chi connectivity index (χ0n) is 20.4. The first kappa shape index (κ1) is 24.6. The first-order chi connectivity index (χ1) is 15.1. The molecular weight excluding hydrogens is 382 g/mol. The second-order valence-electron chi connectivity index (χ2n) is 11.2. The van der Waals surface area contributed by atoms with Crippen molar-refractivity contribution in [3.8, 4) is 6.07 Å². The Hall–Kier alpha value is -1.04. The quantitative estimate of drug-likeness (QED) is 0.276. The van der Waals surface area contributed by atoms with E-state index in [1.165, 1.54) is 64.2 Å². The number of carbonyl (C=O) groups excluding carboxylic acids is 1. The number of unbranched alkanes of at least 4 members (excludes halogenated alkanes) is 2. The molecule has 31 heavy (non-hydrogen) atoms. The number of nitrogens with zero attached hydrogens (tertiary/aromatic N) is 1. The number of rotatable bonds is 9. The van der Waals surface area contributed by atoms with Crippen molar-refractivity contribution in [3.63, 3.8) is 0 Å². The zero-order valence-corrected chi connectivity index (χ0v) is 20.4. The monoisotopic (exact) mass is 429 g/mol. The second-order valence-corrected chi connectivity index (χ2v) is 11.2. The van der Waals surface area contributed by atoms with Gasteiger partial charge < -0.3 is 4.74 Å². The van der Waals surface area contributed by atoms with Gasteiger partial charge in [0.1, 0.15) is 6.10 Å². The molecule has 0 aromatic rings. The molecule has 0 saturated heterocycles. The highest BCUT2D eigenvalue weighted by Gasteiger charge is 2.38. The molecule has 0 heterocycles. The molecule has 176 valence electrons. The average molecular weight is 430 g/mol. The van der Waals surface area contributed by atoms with E-state index in [4.69, 9.17) is 4.74 Å². The van der Waals surface area contributed by atoms with Gasteiger partial charge in [-0.05, 0) is 101 Å². The maximum absolute atomic E-state index is 12.7. The van der Waals surface area contributed by atoms with Crippen molar-refractivity contribution in [1.82, 2.24) is 0 Å². The van der Waals surface area contributed by atoms with Crippen molar-refractivity contribution in [2.24, 2.45) is 29.1 Å². The van der Waals surface area contributed by atoms with Crippen LogP contribution < -0.4 is 0 Å². The Bertz CT molecular complexity index is 570. The number of hydrogen-bond donors (Lipinski definition) is 0. The van der Waals surface area contributed by atoms with Crippen LogP contribution in [0.2, 0.25) is 0 Å². The van der Waals surface area contributed by atoms with Gasteiger partial charge in [0.15, 0.2) is 0 Å². The van der Waals surface area contributed by atoms with Crippen LogP contribution in [0.1, 0.15) is 129 Å². The zero-order chi connectivity index (χ0) is 22.1. The topological polar surface area (TPSA) is 50.1 Å². The van der Waals surface area contributed by atoms with Crippen LogP contribution in [-0.2, 0) is 9.53 Å². The van der Waals surface area contributed by atoms with Crippen molar-refractivity contribution in [2.45, 2.75) is 136 Å². The van der Waals surface area contributed by atoms with E-state index < -0.39 is 0 Å². The molecule has 3 fully saturated rings. The predicted octanol–water partition coefficient (Wildman–Crippen LogP) is 7.98. The van der Waals surface area contributed by atoms with Crippen molar-refractivity contribution in [3.05, 3.63) is 0 Å². The van der Waals surface area contributed by atoms with Crippen molar-refractivity contribution in [2.75, 3.05) is 0 Å². The standard InChI is InChI=1S/C28H47NO2/c1-3-5-6-7-22-8-10-25(11-9-22)27(30)31-26-14-12-23(13-15-26)24-16-19-28(21-29,18-4-2)20-17-24/h22-26H,3-20H2,1-2H3/t22-,23?,24?,25-,26?,28?. The fourth-order valence-corrected chi connectivity index (χ4v) is 6.87. The highest BCUT2D eigenvalue weighted by molar-refractivity contribution is 5.72. The number of nitriles is 1. The van der Waals surface area contributed by atoms with Crippen molar-refractivity contribution < 1.29 is 9.53 Å². The van der Waals surface area contributed by atoms with E-state index in [1.54, 1.807) is 0 Å². The number of carbonyl (C=O) groups is 1. The molecule has 0 N–H and O–H groups in total. The Morgan fingerprint density at radius 2 is 1.52 bits per heavy atom. The van der Waals surface area contributed by atoms with E-state index in [-0.39, 0.29) is 23.4 Å². The van der Waals surface area contributed by atoms with Gasteiger partial charge >= 0.3 is 5.97 Å². The molecule has 3 aliphatic carbocycles. The average Bonchev–Trinajstić information content (AvgIpc) is 2.81. The Kier molecular flexibility index (Phi) is 9.73. The van der Waals surface area contributed by atoms with Gasteiger partial charge in [0.25, 0.3) is 0 Å². The lowest BCUT2D eigenvalue weighted by Crippen LogP contribution is -2.34.